The first-order valence-electron chi connectivity index (χ1n) is 9.54. The second kappa shape index (κ2) is 8.36. The molecule has 2 aromatic rings. The summed E-state index contributed by atoms with van der Waals surface area (Å²) in [5, 5.41) is 0. The van der Waals surface area contributed by atoms with Gasteiger partial charge in [-0.15, -0.1) is 0 Å². The van der Waals surface area contributed by atoms with Gasteiger partial charge < -0.3 is 0 Å². The van der Waals surface area contributed by atoms with E-state index < -0.39 is 7.38 Å². The maximum absolute atomic E-state index is 7.59. The van der Waals surface area contributed by atoms with Crippen LogP contribution in [0, 0.1) is 0 Å². The number of rotatable bonds is 7. The van der Waals surface area contributed by atoms with Gasteiger partial charge in [-0.05, 0) is 41.1 Å². The Balaban J connectivity index is 1.86. The fourth-order valence-corrected chi connectivity index (χ4v) is 11.1. The molecule has 1 heterocycles. The Morgan fingerprint density at radius 2 is 1.29 bits per heavy atom. The lowest BCUT2D eigenvalue weighted by atomic mass is 10.0. The van der Waals surface area contributed by atoms with E-state index in [9.17, 15) is 0 Å². The van der Waals surface area contributed by atoms with Crippen molar-refractivity contribution in [2.75, 3.05) is 0 Å². The second-order valence-electron chi connectivity index (χ2n) is 7.24. The summed E-state index contributed by atoms with van der Waals surface area (Å²) < 4.78 is 0. The molecule has 1 aliphatic rings. The summed E-state index contributed by atoms with van der Waals surface area (Å²) in [5.41, 5.74) is 4.17. The van der Waals surface area contributed by atoms with Crippen LogP contribution < -0.4 is 0 Å². The highest BCUT2D eigenvalue weighted by Gasteiger charge is 2.51. The minimum absolute atomic E-state index is 0.604. The average Bonchev–Trinajstić information content (AvgIpc) is 2.97. The summed E-state index contributed by atoms with van der Waals surface area (Å²) in [6, 6.07) is 23.4. The second-order valence-corrected chi connectivity index (χ2v) is 13.1. The molecule has 24 heavy (non-hydrogen) atoms. The van der Waals surface area contributed by atoms with Crippen LogP contribution in [0.5, 0.6) is 0 Å². The van der Waals surface area contributed by atoms with E-state index in [4.69, 9.17) is 11.1 Å². The summed E-state index contributed by atoms with van der Waals surface area (Å²) in [7, 11) is -1.90. The molecule has 0 aromatic heterocycles. The number of unbranched alkanes of at least 4 members (excludes halogenated alkanes) is 3. The molecule has 0 radical (unpaired) electrons. The molecule has 3 rings (SSSR count). The minimum Gasteiger partial charge on any atom is -0.166 e. The average molecular weight is 357 g/mol. The molecule has 1 saturated heterocycles. The zero-order valence-electron chi connectivity index (χ0n) is 14.8. The summed E-state index contributed by atoms with van der Waals surface area (Å²) in [5.74, 6) is 0. The van der Waals surface area contributed by atoms with E-state index in [0.717, 1.165) is 0 Å². The highest BCUT2D eigenvalue weighted by Crippen LogP contribution is 2.54. The van der Waals surface area contributed by atoms with Crippen molar-refractivity contribution in [2.45, 2.75) is 62.6 Å². The fraction of sp³-hybridized carbons (Fsp3) is 0.455. The van der Waals surface area contributed by atoms with Gasteiger partial charge in [0.2, 0.25) is 0 Å². The fourth-order valence-electron chi connectivity index (χ4n) is 4.49. The maximum atomic E-state index is 7.59. The molecule has 2 atom stereocenters. The van der Waals surface area contributed by atoms with E-state index in [2.05, 4.69) is 67.6 Å². The first-order chi connectivity index (χ1) is 11.8. The van der Waals surface area contributed by atoms with E-state index in [1.165, 1.54) is 55.7 Å². The van der Waals surface area contributed by atoms with E-state index in [1.807, 2.05) is 0 Å². The molecule has 0 aliphatic carbocycles. The van der Waals surface area contributed by atoms with Crippen LogP contribution in [0.25, 0.3) is 0 Å². The van der Waals surface area contributed by atoms with Crippen molar-refractivity contribution in [3.63, 3.8) is 0 Å². The molecule has 0 amide bonds. The number of benzene rings is 2. The highest BCUT2D eigenvalue weighted by atomic mass is 35.6. The van der Waals surface area contributed by atoms with Crippen LogP contribution in [0.3, 0.4) is 0 Å². The summed E-state index contributed by atoms with van der Waals surface area (Å²) in [4.78, 5) is 0. The first kappa shape index (κ1) is 17.8. The van der Waals surface area contributed by atoms with Gasteiger partial charge in [0, 0.05) is 0 Å². The number of hydrogen-bond donors (Lipinski definition) is 0. The van der Waals surface area contributed by atoms with Gasteiger partial charge in [-0.1, -0.05) is 93.3 Å². The predicted octanol–water partition coefficient (Wildman–Crippen LogP) is 7.19. The van der Waals surface area contributed by atoms with Crippen molar-refractivity contribution in [2.24, 2.45) is 0 Å². The van der Waals surface area contributed by atoms with Crippen LogP contribution in [0.2, 0.25) is 6.04 Å². The van der Waals surface area contributed by atoms with E-state index >= 15 is 0 Å². The lowest BCUT2D eigenvalue weighted by Gasteiger charge is -2.33. The zero-order chi connectivity index (χ0) is 16.8. The molecule has 0 unspecified atom stereocenters. The maximum Gasteiger partial charge on any atom is 0.171 e. The van der Waals surface area contributed by atoms with Crippen LogP contribution >= 0.6 is 11.1 Å². The lowest BCUT2D eigenvalue weighted by Crippen LogP contribution is -2.37. The van der Waals surface area contributed by atoms with E-state index in [0.29, 0.717) is 11.1 Å². The Bertz CT molecular complexity index is 563. The van der Waals surface area contributed by atoms with Crippen molar-refractivity contribution >= 4 is 18.5 Å². The first-order valence-corrected chi connectivity index (χ1v) is 12.9. The summed E-state index contributed by atoms with van der Waals surface area (Å²) in [6.45, 7) is 2.28. The van der Waals surface area contributed by atoms with Gasteiger partial charge in [-0.3, -0.25) is 0 Å². The number of halogens is 1. The third kappa shape index (κ3) is 3.78. The van der Waals surface area contributed by atoms with Crippen LogP contribution in [0.4, 0.5) is 0 Å². The Hall–Kier alpha value is -1.05. The summed E-state index contributed by atoms with van der Waals surface area (Å²) >= 11 is 7.59. The third-order valence-corrected chi connectivity index (χ3v) is 12.5. The van der Waals surface area contributed by atoms with Crippen molar-refractivity contribution in [3.05, 3.63) is 71.8 Å². The highest BCUT2D eigenvalue weighted by molar-refractivity contribution is 7.22. The van der Waals surface area contributed by atoms with Gasteiger partial charge in [0.1, 0.15) is 0 Å². The van der Waals surface area contributed by atoms with Gasteiger partial charge in [0.25, 0.3) is 0 Å². The Morgan fingerprint density at radius 1 is 0.792 bits per heavy atom. The molecule has 0 saturated carbocycles. The molecule has 2 aromatic carbocycles. The predicted molar refractivity (Wildman–Crippen MR) is 108 cm³/mol. The quantitative estimate of drug-likeness (QED) is 0.279. The van der Waals surface area contributed by atoms with E-state index in [1.54, 1.807) is 0 Å². The van der Waals surface area contributed by atoms with Crippen molar-refractivity contribution in [3.8, 4) is 0 Å². The molecular formula is C22H29ClSi. The summed E-state index contributed by atoms with van der Waals surface area (Å²) in [6.07, 6.45) is 7.78. The molecule has 0 spiro atoms. The molecule has 0 nitrogen and oxygen atoms in total. The van der Waals surface area contributed by atoms with Crippen molar-refractivity contribution in [1.29, 1.82) is 0 Å². The standard InChI is InChI=1S/C22H29ClSi/c1-2-3-4-11-18-24(23)21(19-12-7-5-8-13-19)16-17-22(24)20-14-9-6-10-15-20/h5-10,12-15,21-22H,2-4,11,16-18H2,1H3/t21-,22-/m1/s1. The van der Waals surface area contributed by atoms with E-state index in [-0.39, 0.29) is 0 Å². The van der Waals surface area contributed by atoms with Gasteiger partial charge >= 0.3 is 0 Å². The Morgan fingerprint density at radius 3 is 1.75 bits per heavy atom. The Labute approximate surface area is 153 Å². The minimum atomic E-state index is -1.90. The van der Waals surface area contributed by atoms with Gasteiger partial charge in [-0.25, -0.2) is 0 Å². The van der Waals surface area contributed by atoms with Gasteiger partial charge in [0.15, 0.2) is 7.38 Å². The molecular weight excluding hydrogens is 328 g/mol. The largest absolute Gasteiger partial charge is 0.171 e. The van der Waals surface area contributed by atoms with Crippen molar-refractivity contribution < 1.29 is 0 Å². The van der Waals surface area contributed by atoms with Gasteiger partial charge in [-0.2, -0.15) is 11.1 Å². The zero-order valence-corrected chi connectivity index (χ0v) is 16.5. The smallest absolute Gasteiger partial charge is 0.166 e. The van der Waals surface area contributed by atoms with Crippen LogP contribution in [0.15, 0.2) is 60.7 Å². The number of hydrogen-bond acceptors (Lipinski definition) is 0. The lowest BCUT2D eigenvalue weighted by molar-refractivity contribution is 0.694. The van der Waals surface area contributed by atoms with Crippen molar-refractivity contribution in [1.82, 2.24) is 0 Å². The Kier molecular flexibility index (Phi) is 6.18. The van der Waals surface area contributed by atoms with Crippen LogP contribution in [0.1, 0.15) is 67.7 Å². The normalized spacial score (nSPS) is 22.6. The molecule has 0 N–H and O–H groups in total. The third-order valence-electron chi connectivity index (χ3n) is 5.72. The SMILES string of the molecule is CCCCCC[Si]1(Cl)[C@@H](c2ccccc2)CC[C@@H]1c1ccccc1. The van der Waals surface area contributed by atoms with Crippen LogP contribution in [-0.4, -0.2) is 7.38 Å². The van der Waals surface area contributed by atoms with Crippen LogP contribution in [-0.2, 0) is 0 Å². The topological polar surface area (TPSA) is 0 Å². The molecule has 128 valence electrons. The molecule has 2 heteroatoms. The monoisotopic (exact) mass is 356 g/mol. The molecule has 1 fully saturated rings. The van der Waals surface area contributed by atoms with Gasteiger partial charge in [0.05, 0.1) is 0 Å². The molecule has 0 bridgehead atoms. The molecule has 1 aliphatic heterocycles.